The minimum Gasteiger partial charge on any atom is -0.489 e. The summed E-state index contributed by atoms with van der Waals surface area (Å²) in [6.45, 7) is 5.50. The fraction of sp³-hybridized carbons (Fsp3) is 0.381. The molecule has 1 saturated heterocycles. The molecule has 0 radical (unpaired) electrons. The summed E-state index contributed by atoms with van der Waals surface area (Å²) in [5, 5.41) is 3.13. The normalized spacial score (nSPS) is 17.7. The van der Waals surface area contributed by atoms with Crippen LogP contribution in [0.5, 0.6) is 5.75 Å². The first-order valence-corrected chi connectivity index (χ1v) is 9.14. The molecule has 0 aliphatic carbocycles. The van der Waals surface area contributed by atoms with E-state index in [-0.39, 0.29) is 17.8 Å². The molecule has 0 saturated carbocycles. The average molecular weight is 356 g/mol. The standard InChI is InChI=1S/C21H25FN2O2/c1-2-24-12-4-6-19(14-24)23-21(25)17-5-3-7-20(13-17)26-15-16-8-10-18(22)11-9-16/h3,5,7-11,13,19H,2,4,6,12,14-15H2,1H3,(H,23,25). The Kier molecular flexibility index (Phi) is 6.23. The van der Waals surface area contributed by atoms with Crippen LogP contribution in [-0.4, -0.2) is 36.5 Å². The summed E-state index contributed by atoms with van der Waals surface area (Å²) in [5.41, 5.74) is 1.47. The first kappa shape index (κ1) is 18.4. The van der Waals surface area contributed by atoms with E-state index in [0.717, 1.165) is 38.0 Å². The number of halogens is 1. The average Bonchev–Trinajstić information content (AvgIpc) is 2.68. The van der Waals surface area contributed by atoms with Crippen LogP contribution in [0.15, 0.2) is 48.5 Å². The Morgan fingerprint density at radius 3 is 2.85 bits per heavy atom. The van der Waals surface area contributed by atoms with Gasteiger partial charge in [0.1, 0.15) is 18.2 Å². The number of hydrogen-bond donors (Lipinski definition) is 1. The van der Waals surface area contributed by atoms with Gasteiger partial charge in [-0.3, -0.25) is 4.79 Å². The maximum Gasteiger partial charge on any atom is 0.251 e. The number of ether oxygens (including phenoxy) is 1. The van der Waals surface area contributed by atoms with Crippen molar-refractivity contribution in [3.8, 4) is 5.75 Å². The van der Waals surface area contributed by atoms with Crippen LogP contribution in [0.1, 0.15) is 35.7 Å². The van der Waals surface area contributed by atoms with Crippen LogP contribution >= 0.6 is 0 Å². The summed E-state index contributed by atoms with van der Waals surface area (Å²) in [6.07, 6.45) is 2.13. The van der Waals surface area contributed by atoms with E-state index in [1.54, 1.807) is 24.3 Å². The first-order chi connectivity index (χ1) is 12.6. The molecule has 1 aliphatic rings. The highest BCUT2D eigenvalue weighted by Crippen LogP contribution is 2.17. The molecule has 1 heterocycles. The van der Waals surface area contributed by atoms with Crippen molar-refractivity contribution in [3.63, 3.8) is 0 Å². The van der Waals surface area contributed by atoms with Gasteiger partial charge in [0.05, 0.1) is 0 Å². The van der Waals surface area contributed by atoms with Crippen LogP contribution in [0.25, 0.3) is 0 Å². The Balaban J connectivity index is 1.57. The predicted molar refractivity (Wildman–Crippen MR) is 99.8 cm³/mol. The number of benzene rings is 2. The van der Waals surface area contributed by atoms with Crippen LogP contribution < -0.4 is 10.1 Å². The van der Waals surface area contributed by atoms with E-state index in [9.17, 15) is 9.18 Å². The highest BCUT2D eigenvalue weighted by molar-refractivity contribution is 5.94. The molecule has 138 valence electrons. The molecule has 0 spiro atoms. The maximum atomic E-state index is 12.9. The van der Waals surface area contributed by atoms with E-state index in [1.807, 2.05) is 12.1 Å². The van der Waals surface area contributed by atoms with Crippen LogP contribution in [0.2, 0.25) is 0 Å². The van der Waals surface area contributed by atoms with E-state index in [1.165, 1.54) is 12.1 Å². The van der Waals surface area contributed by atoms with Gasteiger partial charge in [-0.25, -0.2) is 4.39 Å². The summed E-state index contributed by atoms with van der Waals surface area (Å²) < 4.78 is 18.7. The number of hydrogen-bond acceptors (Lipinski definition) is 3. The number of carbonyl (C=O) groups is 1. The van der Waals surface area contributed by atoms with E-state index in [2.05, 4.69) is 17.1 Å². The number of likely N-dealkylation sites (N-methyl/N-ethyl adjacent to an activating group) is 1. The highest BCUT2D eigenvalue weighted by atomic mass is 19.1. The van der Waals surface area contributed by atoms with Gasteiger partial charge in [0.2, 0.25) is 0 Å². The molecule has 0 bridgehead atoms. The van der Waals surface area contributed by atoms with Gasteiger partial charge in [-0.2, -0.15) is 0 Å². The second-order valence-electron chi connectivity index (χ2n) is 6.65. The van der Waals surface area contributed by atoms with Crippen molar-refractivity contribution in [1.82, 2.24) is 10.2 Å². The number of nitrogens with zero attached hydrogens (tertiary/aromatic N) is 1. The summed E-state index contributed by atoms with van der Waals surface area (Å²) >= 11 is 0. The lowest BCUT2D eigenvalue weighted by Gasteiger charge is -2.32. The number of piperidine rings is 1. The van der Waals surface area contributed by atoms with Gasteiger partial charge in [-0.1, -0.05) is 25.1 Å². The maximum absolute atomic E-state index is 12.9. The molecule has 26 heavy (non-hydrogen) atoms. The highest BCUT2D eigenvalue weighted by Gasteiger charge is 2.20. The van der Waals surface area contributed by atoms with Crippen molar-refractivity contribution in [1.29, 1.82) is 0 Å². The number of likely N-dealkylation sites (tertiary alicyclic amines) is 1. The SMILES string of the molecule is CCN1CCCC(NC(=O)c2cccc(OCc3ccc(F)cc3)c2)C1. The number of rotatable bonds is 6. The number of amides is 1. The molecule has 4 nitrogen and oxygen atoms in total. The van der Waals surface area contributed by atoms with Crippen molar-refractivity contribution >= 4 is 5.91 Å². The van der Waals surface area contributed by atoms with Crippen molar-refractivity contribution in [3.05, 3.63) is 65.5 Å². The second-order valence-corrected chi connectivity index (χ2v) is 6.65. The molecule has 1 amide bonds. The van der Waals surface area contributed by atoms with Crippen LogP contribution in [0.4, 0.5) is 4.39 Å². The van der Waals surface area contributed by atoms with Gasteiger partial charge >= 0.3 is 0 Å². The Bertz CT molecular complexity index is 733. The third kappa shape index (κ3) is 5.05. The largest absolute Gasteiger partial charge is 0.489 e. The van der Waals surface area contributed by atoms with Crippen molar-refractivity contribution in [2.45, 2.75) is 32.4 Å². The lowest BCUT2D eigenvalue weighted by molar-refractivity contribution is 0.0905. The smallest absolute Gasteiger partial charge is 0.251 e. The second kappa shape index (κ2) is 8.81. The lowest BCUT2D eigenvalue weighted by Crippen LogP contribution is -2.47. The zero-order valence-corrected chi connectivity index (χ0v) is 15.1. The minimum absolute atomic E-state index is 0.0693. The molecule has 3 rings (SSSR count). The van der Waals surface area contributed by atoms with Crippen LogP contribution in [0.3, 0.4) is 0 Å². The Labute approximate surface area is 154 Å². The molecular formula is C21H25FN2O2. The molecule has 1 unspecified atom stereocenters. The van der Waals surface area contributed by atoms with Crippen molar-refractivity contribution in [2.24, 2.45) is 0 Å². The fourth-order valence-corrected chi connectivity index (χ4v) is 3.20. The Hall–Kier alpha value is -2.40. The molecule has 1 N–H and O–H groups in total. The topological polar surface area (TPSA) is 41.6 Å². The van der Waals surface area contributed by atoms with E-state index in [0.29, 0.717) is 17.9 Å². The number of nitrogens with one attached hydrogen (secondary N) is 1. The third-order valence-corrected chi connectivity index (χ3v) is 4.70. The summed E-state index contributed by atoms with van der Waals surface area (Å²) in [4.78, 5) is 14.9. The molecule has 1 fully saturated rings. The Morgan fingerprint density at radius 1 is 1.27 bits per heavy atom. The van der Waals surface area contributed by atoms with Gasteiger partial charge in [0.25, 0.3) is 5.91 Å². The zero-order chi connectivity index (χ0) is 18.4. The quantitative estimate of drug-likeness (QED) is 0.860. The minimum atomic E-state index is -0.267. The van der Waals surface area contributed by atoms with E-state index < -0.39 is 0 Å². The van der Waals surface area contributed by atoms with Gasteiger partial charge in [-0.05, 0) is 61.8 Å². The van der Waals surface area contributed by atoms with Gasteiger partial charge in [-0.15, -0.1) is 0 Å². The number of carbonyl (C=O) groups excluding carboxylic acids is 1. The van der Waals surface area contributed by atoms with Crippen LogP contribution in [-0.2, 0) is 6.61 Å². The lowest BCUT2D eigenvalue weighted by atomic mass is 10.1. The molecule has 2 aromatic rings. The summed E-state index contributed by atoms with van der Waals surface area (Å²) in [5.74, 6) is 0.290. The Morgan fingerprint density at radius 2 is 2.08 bits per heavy atom. The van der Waals surface area contributed by atoms with Gasteiger partial charge in [0, 0.05) is 18.2 Å². The molecule has 1 aliphatic heterocycles. The summed E-state index contributed by atoms with van der Waals surface area (Å²) in [6, 6.07) is 13.6. The summed E-state index contributed by atoms with van der Waals surface area (Å²) in [7, 11) is 0. The predicted octanol–water partition coefficient (Wildman–Crippen LogP) is 3.62. The van der Waals surface area contributed by atoms with Crippen molar-refractivity contribution < 1.29 is 13.9 Å². The zero-order valence-electron chi connectivity index (χ0n) is 15.1. The molecular weight excluding hydrogens is 331 g/mol. The van der Waals surface area contributed by atoms with E-state index in [4.69, 9.17) is 4.74 Å². The van der Waals surface area contributed by atoms with Crippen molar-refractivity contribution in [2.75, 3.05) is 19.6 Å². The first-order valence-electron chi connectivity index (χ1n) is 9.14. The molecule has 2 aromatic carbocycles. The van der Waals surface area contributed by atoms with E-state index >= 15 is 0 Å². The van der Waals surface area contributed by atoms with Gasteiger partial charge < -0.3 is 15.0 Å². The molecule has 1 atom stereocenters. The monoisotopic (exact) mass is 356 g/mol. The molecule has 0 aromatic heterocycles. The van der Waals surface area contributed by atoms with Crippen LogP contribution in [0, 0.1) is 5.82 Å². The molecule has 5 heteroatoms. The third-order valence-electron chi connectivity index (χ3n) is 4.70. The van der Waals surface area contributed by atoms with Gasteiger partial charge in [0.15, 0.2) is 0 Å². The fourth-order valence-electron chi connectivity index (χ4n) is 3.20.